The van der Waals surface area contributed by atoms with Gasteiger partial charge in [0.1, 0.15) is 29.7 Å². The molecule has 0 atom stereocenters. The fraction of sp³-hybridized carbons (Fsp3) is 0.350. The van der Waals surface area contributed by atoms with E-state index in [-0.39, 0.29) is 5.41 Å². The molecule has 0 bridgehead atoms. The molecular weight excluding hydrogens is 318 g/mol. The van der Waals surface area contributed by atoms with Gasteiger partial charge in [-0.1, -0.05) is 62.8 Å². The van der Waals surface area contributed by atoms with Crippen LogP contribution in [-0.2, 0) is 5.41 Å². The minimum Gasteiger partial charge on any atom is -0.490 e. The van der Waals surface area contributed by atoms with E-state index >= 15 is 0 Å². The highest BCUT2D eigenvalue weighted by Crippen LogP contribution is 2.32. The van der Waals surface area contributed by atoms with E-state index in [2.05, 4.69) is 39.8 Å². The number of nitrogens with two attached hydrogens (primary N) is 1. The van der Waals surface area contributed by atoms with E-state index in [0.29, 0.717) is 18.2 Å². The molecular formula is C20H25NO2S. The van der Waals surface area contributed by atoms with Gasteiger partial charge in [0.2, 0.25) is 0 Å². The summed E-state index contributed by atoms with van der Waals surface area (Å²) in [6.07, 6.45) is 0. The van der Waals surface area contributed by atoms with Crippen molar-refractivity contribution in [3.8, 4) is 11.5 Å². The van der Waals surface area contributed by atoms with E-state index in [9.17, 15) is 0 Å². The van der Waals surface area contributed by atoms with Gasteiger partial charge in [-0.25, -0.2) is 0 Å². The Balaban J connectivity index is 1.96. The van der Waals surface area contributed by atoms with Crippen molar-refractivity contribution >= 4 is 17.2 Å². The Labute approximate surface area is 149 Å². The number of ether oxygens (including phenoxy) is 2. The molecule has 0 fully saturated rings. The molecule has 0 aromatic heterocycles. The predicted octanol–water partition coefficient (Wildman–Crippen LogP) is 4.38. The number of aryl methyl sites for hydroxylation is 1. The van der Waals surface area contributed by atoms with Crippen LogP contribution in [0.4, 0.5) is 0 Å². The smallest absolute Gasteiger partial charge is 0.123 e. The van der Waals surface area contributed by atoms with Gasteiger partial charge in [0.25, 0.3) is 0 Å². The van der Waals surface area contributed by atoms with E-state index in [1.54, 1.807) is 0 Å². The van der Waals surface area contributed by atoms with Crippen LogP contribution in [0.2, 0.25) is 0 Å². The molecule has 4 heteroatoms. The summed E-state index contributed by atoms with van der Waals surface area (Å²) in [7, 11) is 0. The van der Waals surface area contributed by atoms with Crippen molar-refractivity contribution in [2.24, 2.45) is 5.73 Å². The predicted molar refractivity (Wildman–Crippen MR) is 103 cm³/mol. The molecule has 0 radical (unpaired) electrons. The Morgan fingerprint density at radius 3 is 2.42 bits per heavy atom. The van der Waals surface area contributed by atoms with Gasteiger partial charge in [-0.3, -0.25) is 0 Å². The second-order valence-corrected chi connectivity index (χ2v) is 7.28. The second-order valence-electron chi connectivity index (χ2n) is 6.84. The summed E-state index contributed by atoms with van der Waals surface area (Å²) in [5.74, 6) is 1.65. The minimum atomic E-state index is 0.0351. The molecule has 2 aromatic carbocycles. The summed E-state index contributed by atoms with van der Waals surface area (Å²) >= 11 is 4.98. The van der Waals surface area contributed by atoms with Crippen molar-refractivity contribution in [1.82, 2.24) is 0 Å². The molecule has 3 nitrogen and oxygen atoms in total. The highest BCUT2D eigenvalue weighted by Gasteiger charge is 2.19. The van der Waals surface area contributed by atoms with Crippen LogP contribution < -0.4 is 15.2 Å². The van der Waals surface area contributed by atoms with Crippen LogP contribution in [0.1, 0.15) is 37.5 Å². The van der Waals surface area contributed by atoms with Crippen LogP contribution in [0.25, 0.3) is 0 Å². The van der Waals surface area contributed by atoms with Crippen molar-refractivity contribution in [3.05, 3.63) is 59.2 Å². The molecule has 0 saturated carbocycles. The third kappa shape index (κ3) is 4.96. The lowest BCUT2D eigenvalue weighted by Gasteiger charge is -2.23. The summed E-state index contributed by atoms with van der Waals surface area (Å²) in [5.41, 5.74) is 8.91. The first-order valence-electron chi connectivity index (χ1n) is 8.04. The van der Waals surface area contributed by atoms with E-state index in [4.69, 9.17) is 27.4 Å². The quantitative estimate of drug-likeness (QED) is 0.624. The Morgan fingerprint density at radius 2 is 1.75 bits per heavy atom. The largest absolute Gasteiger partial charge is 0.490 e. The lowest BCUT2D eigenvalue weighted by atomic mass is 9.85. The van der Waals surface area contributed by atoms with Gasteiger partial charge in [-0.15, -0.1) is 0 Å². The topological polar surface area (TPSA) is 44.5 Å². The van der Waals surface area contributed by atoms with Crippen LogP contribution in [0.5, 0.6) is 11.5 Å². The summed E-state index contributed by atoms with van der Waals surface area (Å²) in [5, 5.41) is 0. The van der Waals surface area contributed by atoms with Crippen LogP contribution >= 0.6 is 12.2 Å². The molecule has 0 amide bonds. The number of hydrogen-bond donors (Lipinski definition) is 1. The lowest BCUT2D eigenvalue weighted by molar-refractivity contribution is 0.214. The maximum Gasteiger partial charge on any atom is 0.123 e. The van der Waals surface area contributed by atoms with E-state index < -0.39 is 0 Å². The average Bonchev–Trinajstić information content (AvgIpc) is 2.52. The number of rotatable bonds is 6. The lowest BCUT2D eigenvalue weighted by Crippen LogP contribution is -2.16. The summed E-state index contributed by atoms with van der Waals surface area (Å²) < 4.78 is 11.7. The van der Waals surface area contributed by atoms with Gasteiger partial charge in [0.05, 0.1) is 0 Å². The Hall–Kier alpha value is -2.07. The van der Waals surface area contributed by atoms with Gasteiger partial charge in [0.15, 0.2) is 0 Å². The zero-order chi connectivity index (χ0) is 17.7. The Morgan fingerprint density at radius 1 is 1.04 bits per heavy atom. The van der Waals surface area contributed by atoms with Crippen LogP contribution in [0, 0.1) is 6.92 Å². The van der Waals surface area contributed by atoms with Crippen molar-refractivity contribution in [2.45, 2.75) is 33.1 Å². The standard InChI is InChI=1S/C20H25NO2S/c1-14-8-9-18(17(12-14)20(2,3)4)23-11-10-22-16-7-5-6-15(13-16)19(21)24/h5-9,12-13H,10-11H2,1-4H3,(H2,21,24). The first-order valence-corrected chi connectivity index (χ1v) is 8.45. The van der Waals surface area contributed by atoms with Crippen molar-refractivity contribution < 1.29 is 9.47 Å². The molecule has 0 aliphatic heterocycles. The Kier molecular flexibility index (Phi) is 5.84. The molecule has 0 unspecified atom stereocenters. The molecule has 2 N–H and O–H groups in total. The monoisotopic (exact) mass is 343 g/mol. The molecule has 2 aromatic rings. The molecule has 0 aliphatic carbocycles. The van der Waals surface area contributed by atoms with Crippen molar-refractivity contribution in [1.29, 1.82) is 0 Å². The third-order valence-corrected chi connectivity index (χ3v) is 3.91. The fourth-order valence-electron chi connectivity index (χ4n) is 2.41. The van der Waals surface area contributed by atoms with Gasteiger partial charge in [-0.05, 0) is 36.1 Å². The SMILES string of the molecule is Cc1ccc(OCCOc2cccc(C(N)=S)c2)c(C(C)(C)C)c1. The van der Waals surface area contributed by atoms with Crippen LogP contribution in [0.15, 0.2) is 42.5 Å². The maximum atomic E-state index is 5.94. The van der Waals surface area contributed by atoms with Crippen molar-refractivity contribution in [3.63, 3.8) is 0 Å². The van der Waals surface area contributed by atoms with Gasteiger partial charge >= 0.3 is 0 Å². The van der Waals surface area contributed by atoms with Gasteiger partial charge in [-0.2, -0.15) is 0 Å². The first-order chi connectivity index (χ1) is 11.3. The normalized spacial score (nSPS) is 11.2. The number of hydrogen-bond acceptors (Lipinski definition) is 3. The van der Waals surface area contributed by atoms with E-state index in [1.165, 1.54) is 11.1 Å². The number of thiocarbonyl (C=S) groups is 1. The zero-order valence-corrected chi connectivity index (χ0v) is 15.6. The molecule has 0 heterocycles. The maximum absolute atomic E-state index is 5.94. The number of benzene rings is 2. The van der Waals surface area contributed by atoms with E-state index in [0.717, 1.165) is 17.1 Å². The van der Waals surface area contributed by atoms with Crippen LogP contribution in [0.3, 0.4) is 0 Å². The first kappa shape index (κ1) is 18.3. The molecule has 0 saturated heterocycles. The van der Waals surface area contributed by atoms with E-state index in [1.807, 2.05) is 30.3 Å². The van der Waals surface area contributed by atoms with Crippen molar-refractivity contribution in [2.75, 3.05) is 13.2 Å². The molecule has 2 rings (SSSR count). The Bertz CT molecular complexity index is 720. The summed E-state index contributed by atoms with van der Waals surface area (Å²) in [6, 6.07) is 13.8. The molecule has 0 aliphatic rings. The second kappa shape index (κ2) is 7.67. The van der Waals surface area contributed by atoms with Gasteiger partial charge < -0.3 is 15.2 Å². The minimum absolute atomic E-state index is 0.0351. The zero-order valence-electron chi connectivity index (χ0n) is 14.8. The third-order valence-electron chi connectivity index (χ3n) is 3.67. The molecule has 24 heavy (non-hydrogen) atoms. The molecule has 128 valence electrons. The highest BCUT2D eigenvalue weighted by molar-refractivity contribution is 7.80. The molecule has 0 spiro atoms. The summed E-state index contributed by atoms with van der Waals surface area (Å²) in [4.78, 5) is 0.367. The summed E-state index contributed by atoms with van der Waals surface area (Å²) in [6.45, 7) is 9.59. The van der Waals surface area contributed by atoms with Crippen LogP contribution in [-0.4, -0.2) is 18.2 Å². The highest BCUT2D eigenvalue weighted by atomic mass is 32.1. The van der Waals surface area contributed by atoms with Gasteiger partial charge in [0, 0.05) is 5.56 Å². The average molecular weight is 343 g/mol. The fourth-order valence-corrected chi connectivity index (χ4v) is 2.53.